The molecule has 0 aromatic heterocycles. The molecule has 0 bridgehead atoms. The molecule has 2 fully saturated rings. The van der Waals surface area contributed by atoms with E-state index >= 15 is 0 Å². The molecule has 2 saturated heterocycles. The molecule has 2 aliphatic heterocycles. The smallest absolute Gasteiger partial charge is 0.306 e. The zero-order chi connectivity index (χ0) is 49.6. The minimum Gasteiger partial charge on any atom is -0.462 e. The fraction of sp³-hybridized carbons (Fsp3) is 0.774. The third kappa shape index (κ3) is 27.6. The van der Waals surface area contributed by atoms with Gasteiger partial charge in [0.2, 0.25) is 0 Å². The second kappa shape index (κ2) is 39.9. The summed E-state index contributed by atoms with van der Waals surface area (Å²) >= 11 is 0. The number of hydrogen-bond donors (Lipinski definition) is 7. The lowest BCUT2D eigenvalue weighted by atomic mass is 9.98. The Kier molecular flexibility index (Phi) is 36.0. The number of hydrogen-bond acceptors (Lipinski definition) is 15. The third-order valence-electron chi connectivity index (χ3n) is 12.0. The lowest BCUT2D eigenvalue weighted by Crippen LogP contribution is -2.61. The van der Waals surface area contributed by atoms with E-state index in [2.05, 4.69) is 74.6 Å². The molecule has 11 atom stereocenters. The minimum atomic E-state index is -1.78. The van der Waals surface area contributed by atoms with E-state index in [1.54, 1.807) is 0 Å². The van der Waals surface area contributed by atoms with Gasteiger partial charge in [-0.05, 0) is 77.0 Å². The van der Waals surface area contributed by atoms with E-state index in [1.807, 2.05) is 0 Å². The van der Waals surface area contributed by atoms with Gasteiger partial charge >= 0.3 is 11.9 Å². The molecule has 15 heteroatoms. The summed E-state index contributed by atoms with van der Waals surface area (Å²) in [5, 5.41) is 72.1. The second-order valence-electron chi connectivity index (χ2n) is 18.0. The number of unbranched alkanes of at least 4 members (excludes halogenated alkanes) is 15. The Morgan fingerprint density at radius 1 is 0.485 bits per heavy atom. The lowest BCUT2D eigenvalue weighted by Gasteiger charge is -2.42. The minimum absolute atomic E-state index is 0.110. The van der Waals surface area contributed by atoms with Gasteiger partial charge in [-0.15, -0.1) is 0 Å². The number of rotatable bonds is 39. The molecule has 2 heterocycles. The molecule has 0 radical (unpaired) electrons. The van der Waals surface area contributed by atoms with Gasteiger partial charge in [0, 0.05) is 12.8 Å². The molecule has 0 saturated carbocycles. The summed E-state index contributed by atoms with van der Waals surface area (Å²) in [4.78, 5) is 25.8. The van der Waals surface area contributed by atoms with Crippen molar-refractivity contribution in [1.82, 2.24) is 0 Å². The Morgan fingerprint density at radius 2 is 0.926 bits per heavy atom. The van der Waals surface area contributed by atoms with Crippen LogP contribution in [-0.4, -0.2) is 142 Å². The highest BCUT2D eigenvalue weighted by Crippen LogP contribution is 2.26. The fourth-order valence-corrected chi connectivity index (χ4v) is 7.73. The summed E-state index contributed by atoms with van der Waals surface area (Å²) in [6, 6.07) is 0. The van der Waals surface area contributed by atoms with Gasteiger partial charge in [0.1, 0.15) is 55.4 Å². The van der Waals surface area contributed by atoms with Crippen LogP contribution in [0.5, 0.6) is 0 Å². The van der Waals surface area contributed by atoms with Gasteiger partial charge in [-0.25, -0.2) is 0 Å². The van der Waals surface area contributed by atoms with Gasteiger partial charge in [0.05, 0.1) is 19.8 Å². The summed E-state index contributed by atoms with van der Waals surface area (Å²) in [5.41, 5.74) is 0. The summed E-state index contributed by atoms with van der Waals surface area (Å²) in [6.07, 6.45) is 28.2. The maximum Gasteiger partial charge on any atom is 0.306 e. The van der Waals surface area contributed by atoms with Gasteiger partial charge < -0.3 is 64.2 Å². The largest absolute Gasteiger partial charge is 0.462 e. The van der Waals surface area contributed by atoms with Crippen LogP contribution in [0.25, 0.3) is 0 Å². The number of aliphatic hydroxyl groups excluding tert-OH is 7. The van der Waals surface area contributed by atoms with Crippen molar-refractivity contribution in [3.8, 4) is 0 Å². The van der Waals surface area contributed by atoms with Crippen molar-refractivity contribution in [2.75, 3.05) is 26.4 Å². The molecule has 15 nitrogen and oxygen atoms in total. The van der Waals surface area contributed by atoms with Crippen LogP contribution in [0.4, 0.5) is 0 Å². The summed E-state index contributed by atoms with van der Waals surface area (Å²) in [5.74, 6) is -0.981. The molecule has 0 spiro atoms. The van der Waals surface area contributed by atoms with Gasteiger partial charge in [0.15, 0.2) is 18.7 Å². The van der Waals surface area contributed by atoms with Crippen LogP contribution in [-0.2, 0) is 38.0 Å². The Labute approximate surface area is 407 Å². The number of allylic oxidation sites excluding steroid dienone is 10. The number of esters is 2. The highest BCUT2D eigenvalue weighted by Gasteiger charge is 2.47. The molecule has 0 aliphatic carbocycles. The second-order valence-corrected chi connectivity index (χ2v) is 18.0. The first kappa shape index (κ1) is 61.3. The first-order valence-corrected chi connectivity index (χ1v) is 25.9. The normalized spacial score (nSPS) is 26.2. The molecule has 0 amide bonds. The summed E-state index contributed by atoms with van der Waals surface area (Å²) in [6.45, 7) is 2.41. The Hall–Kier alpha value is -2.80. The van der Waals surface area contributed by atoms with Crippen molar-refractivity contribution in [1.29, 1.82) is 0 Å². The number of carbonyl (C=O) groups is 2. The van der Waals surface area contributed by atoms with Crippen molar-refractivity contribution in [2.45, 2.75) is 235 Å². The molecular formula is C53H90O15. The van der Waals surface area contributed by atoms with E-state index in [1.165, 1.54) is 57.8 Å². The van der Waals surface area contributed by atoms with Crippen molar-refractivity contribution < 1.29 is 73.8 Å². The predicted molar refractivity (Wildman–Crippen MR) is 261 cm³/mol. The predicted octanol–water partition coefficient (Wildman–Crippen LogP) is 7.27. The summed E-state index contributed by atoms with van der Waals surface area (Å²) < 4.78 is 33.5. The zero-order valence-corrected chi connectivity index (χ0v) is 41.3. The van der Waals surface area contributed by atoms with Crippen molar-refractivity contribution in [2.24, 2.45) is 0 Å². The van der Waals surface area contributed by atoms with E-state index in [0.29, 0.717) is 12.8 Å². The van der Waals surface area contributed by atoms with Crippen LogP contribution in [0.3, 0.4) is 0 Å². The van der Waals surface area contributed by atoms with Gasteiger partial charge in [-0.1, -0.05) is 139 Å². The molecule has 0 aromatic carbocycles. The van der Waals surface area contributed by atoms with Crippen LogP contribution < -0.4 is 0 Å². The number of aliphatic hydroxyl groups is 7. The standard InChI is InChI=1S/C53H90O15/c1-3-5-7-9-11-13-15-17-19-20-22-23-25-27-29-31-33-35-44(55)63-38-41(66-45(56)36-34-32-30-28-26-24-21-18-16-14-12-10-8-6-4-2)39-64-52-51(62)49(60)47(58)43(68-52)40-65-53-50(61)48(59)46(57)42(37-54)67-53/h6,8,12,14,17-19,21,26,28,41-43,46-54,57-62H,3-5,7,9-11,13,15-16,20,22-25,27,29-40H2,1-2H3/b8-6+,14-12+,19-17+,21-18+,28-26+/t41-,42+,43+,46-,47-,48?,49?,50?,51?,52+,53+/m0/s1. The van der Waals surface area contributed by atoms with E-state index in [9.17, 15) is 45.3 Å². The van der Waals surface area contributed by atoms with Crippen LogP contribution in [0.2, 0.25) is 0 Å². The maximum atomic E-state index is 13.0. The monoisotopic (exact) mass is 967 g/mol. The van der Waals surface area contributed by atoms with E-state index in [4.69, 9.17) is 28.4 Å². The average molecular weight is 967 g/mol. The molecule has 68 heavy (non-hydrogen) atoms. The van der Waals surface area contributed by atoms with Crippen LogP contribution in [0.15, 0.2) is 60.8 Å². The summed E-state index contributed by atoms with van der Waals surface area (Å²) in [7, 11) is 0. The molecule has 2 rings (SSSR count). The SMILES string of the molecule is CC/C=C/C/C=C/C/C=C/C/C=C/CCCCC(=O)O[C@@H](COC(=O)CCCCCCCCC/C=C/CCCCCCCC)CO[C@@H]1O[C@H](CO[C@@H]2O[C@H](CO)[C@H](O)C(O)C2O)[C@H](O)C(O)C1O. The van der Waals surface area contributed by atoms with Crippen molar-refractivity contribution in [3.63, 3.8) is 0 Å². The zero-order valence-electron chi connectivity index (χ0n) is 41.3. The fourth-order valence-electron chi connectivity index (χ4n) is 7.73. The van der Waals surface area contributed by atoms with Gasteiger partial charge in [0.25, 0.3) is 0 Å². The van der Waals surface area contributed by atoms with Gasteiger partial charge in [-0.3, -0.25) is 9.59 Å². The number of carbonyl (C=O) groups excluding carboxylic acids is 2. The van der Waals surface area contributed by atoms with Crippen molar-refractivity contribution >= 4 is 11.9 Å². The Balaban J connectivity index is 1.83. The molecule has 0 aromatic rings. The van der Waals surface area contributed by atoms with Crippen molar-refractivity contribution in [3.05, 3.63) is 60.8 Å². The Bertz CT molecular complexity index is 1420. The molecule has 392 valence electrons. The molecular weight excluding hydrogens is 877 g/mol. The molecule has 4 unspecified atom stereocenters. The average Bonchev–Trinajstić information content (AvgIpc) is 3.33. The highest BCUT2D eigenvalue weighted by atomic mass is 16.7. The first-order chi connectivity index (χ1) is 33.0. The molecule has 2 aliphatic rings. The van der Waals surface area contributed by atoms with E-state index in [-0.39, 0.29) is 19.4 Å². The van der Waals surface area contributed by atoms with E-state index < -0.39 is 99.3 Å². The molecule has 7 N–H and O–H groups in total. The van der Waals surface area contributed by atoms with Crippen LogP contribution in [0.1, 0.15) is 168 Å². The van der Waals surface area contributed by atoms with E-state index in [0.717, 1.165) is 70.6 Å². The quantitative estimate of drug-likeness (QED) is 0.0183. The highest BCUT2D eigenvalue weighted by molar-refractivity contribution is 5.70. The maximum absolute atomic E-state index is 13.0. The Morgan fingerprint density at radius 3 is 1.50 bits per heavy atom. The van der Waals surface area contributed by atoms with Gasteiger partial charge in [-0.2, -0.15) is 0 Å². The third-order valence-corrected chi connectivity index (χ3v) is 12.0. The topological polar surface area (TPSA) is 231 Å². The number of ether oxygens (including phenoxy) is 6. The lowest BCUT2D eigenvalue weighted by molar-refractivity contribution is -0.332. The van der Waals surface area contributed by atoms with Crippen LogP contribution in [0, 0.1) is 0 Å². The van der Waals surface area contributed by atoms with Crippen LogP contribution >= 0.6 is 0 Å². The first-order valence-electron chi connectivity index (χ1n) is 25.9.